The Labute approximate surface area is 188 Å². The molecular formula is C21H14INO6S. The Balaban J connectivity index is 1.63. The molecule has 0 radical (unpaired) electrons. The fraction of sp³-hybridized carbons (Fsp3) is 0.143. The van der Waals surface area contributed by atoms with E-state index < -0.39 is 17.7 Å². The van der Waals surface area contributed by atoms with E-state index in [1.807, 2.05) is 40.1 Å². The number of carbonyl (C=O) groups excluding carboxylic acids is 2. The van der Waals surface area contributed by atoms with Crippen molar-refractivity contribution < 1.29 is 28.6 Å². The number of amides is 1. The monoisotopic (exact) mass is 535 g/mol. The van der Waals surface area contributed by atoms with Gasteiger partial charge in [0.2, 0.25) is 6.79 Å². The molecule has 30 heavy (non-hydrogen) atoms. The van der Waals surface area contributed by atoms with Crippen LogP contribution in [0.25, 0.3) is 5.76 Å². The minimum Gasteiger partial charge on any atom is -0.507 e. The molecule has 2 aliphatic heterocycles. The van der Waals surface area contributed by atoms with E-state index in [-0.39, 0.29) is 24.7 Å². The molecule has 2 aromatic heterocycles. The van der Waals surface area contributed by atoms with Crippen molar-refractivity contribution >= 4 is 51.4 Å². The summed E-state index contributed by atoms with van der Waals surface area (Å²) in [5.41, 5.74) is 0.348. The van der Waals surface area contributed by atoms with E-state index >= 15 is 0 Å². The molecule has 1 unspecified atom stereocenters. The minimum absolute atomic E-state index is 0.0128. The summed E-state index contributed by atoms with van der Waals surface area (Å²) >= 11 is 3.51. The largest absolute Gasteiger partial charge is 0.507 e. The summed E-state index contributed by atoms with van der Waals surface area (Å²) in [4.78, 5) is 28.2. The molecule has 9 heteroatoms. The number of aliphatic hydroxyl groups excluding tert-OH is 1. The van der Waals surface area contributed by atoms with E-state index in [1.165, 1.54) is 16.2 Å². The quantitative estimate of drug-likeness (QED) is 0.232. The van der Waals surface area contributed by atoms with Crippen LogP contribution in [-0.4, -0.2) is 28.5 Å². The molecular weight excluding hydrogens is 521 g/mol. The summed E-state index contributed by atoms with van der Waals surface area (Å²) in [5, 5.41) is 13.0. The molecule has 0 spiro atoms. The minimum atomic E-state index is -0.832. The summed E-state index contributed by atoms with van der Waals surface area (Å²) in [6, 6.07) is 11.3. The summed E-state index contributed by atoms with van der Waals surface area (Å²) in [6.07, 6.45) is 0. The highest BCUT2D eigenvalue weighted by Gasteiger charge is 2.47. The predicted octanol–water partition coefficient (Wildman–Crippen LogP) is 4.30. The Morgan fingerprint density at radius 3 is 2.73 bits per heavy atom. The second kappa shape index (κ2) is 7.47. The van der Waals surface area contributed by atoms with Crippen molar-refractivity contribution in [2.45, 2.75) is 12.6 Å². The van der Waals surface area contributed by atoms with Crippen LogP contribution < -0.4 is 9.47 Å². The molecule has 0 saturated carbocycles. The van der Waals surface area contributed by atoms with Gasteiger partial charge < -0.3 is 23.9 Å². The number of ether oxygens (including phenoxy) is 2. The molecule has 1 saturated heterocycles. The summed E-state index contributed by atoms with van der Waals surface area (Å²) in [5.74, 6) is -0.271. The molecule has 1 aromatic carbocycles. The number of rotatable bonds is 4. The molecule has 152 valence electrons. The molecule has 1 N–H and O–H groups in total. The van der Waals surface area contributed by atoms with Gasteiger partial charge in [0.25, 0.3) is 11.7 Å². The van der Waals surface area contributed by atoms with Crippen LogP contribution in [0, 0.1) is 3.77 Å². The van der Waals surface area contributed by atoms with E-state index in [1.54, 1.807) is 30.3 Å². The first kappa shape index (κ1) is 19.2. The third-order valence-corrected chi connectivity index (χ3v) is 6.40. The summed E-state index contributed by atoms with van der Waals surface area (Å²) < 4.78 is 17.0. The lowest BCUT2D eigenvalue weighted by molar-refractivity contribution is -0.140. The van der Waals surface area contributed by atoms with Crippen molar-refractivity contribution in [3.05, 3.63) is 73.4 Å². The zero-order chi connectivity index (χ0) is 20.8. The Kier molecular flexibility index (Phi) is 4.78. The van der Waals surface area contributed by atoms with Gasteiger partial charge in [0.15, 0.2) is 15.3 Å². The average Bonchev–Trinajstić information content (AvgIpc) is 3.52. The van der Waals surface area contributed by atoms with Gasteiger partial charge in [-0.05, 0) is 64.4 Å². The molecule has 4 heterocycles. The van der Waals surface area contributed by atoms with Crippen molar-refractivity contribution in [3.63, 3.8) is 0 Å². The van der Waals surface area contributed by atoms with Crippen LogP contribution in [0.5, 0.6) is 11.5 Å². The molecule has 3 aromatic rings. The number of thiophene rings is 1. The van der Waals surface area contributed by atoms with Crippen LogP contribution in [0.3, 0.4) is 0 Å². The van der Waals surface area contributed by atoms with E-state index in [4.69, 9.17) is 13.9 Å². The maximum atomic E-state index is 13.0. The topological polar surface area (TPSA) is 89.2 Å². The Hall–Kier alpha value is -2.79. The van der Waals surface area contributed by atoms with Crippen molar-refractivity contribution in [2.24, 2.45) is 0 Å². The number of halogens is 1. The highest BCUT2D eigenvalue weighted by Crippen LogP contribution is 2.42. The third-order valence-electron chi connectivity index (χ3n) is 4.96. The molecule has 1 fully saturated rings. The zero-order valence-corrected chi connectivity index (χ0v) is 18.3. The first-order valence-electron chi connectivity index (χ1n) is 8.99. The number of fused-ring (bicyclic) bond motifs is 1. The molecule has 5 rings (SSSR count). The molecule has 0 aliphatic carbocycles. The van der Waals surface area contributed by atoms with Gasteiger partial charge in [-0.15, -0.1) is 11.3 Å². The van der Waals surface area contributed by atoms with E-state index in [0.29, 0.717) is 26.6 Å². The first-order valence-corrected chi connectivity index (χ1v) is 10.9. The van der Waals surface area contributed by atoms with E-state index in [9.17, 15) is 14.7 Å². The van der Waals surface area contributed by atoms with E-state index in [2.05, 4.69) is 0 Å². The standard InChI is InChI=1S/C21H14INO6S/c22-16-6-5-14(29-16)18-17(19(24)11-3-4-13-15(8-11)28-10-27-13)20(25)21(26)23(18)9-12-2-1-7-30-12/h1-8,18,24H,9-10H2/b19-17+. The summed E-state index contributed by atoms with van der Waals surface area (Å²) in [7, 11) is 0. The van der Waals surface area contributed by atoms with Crippen molar-refractivity contribution in [1.29, 1.82) is 0 Å². The van der Waals surface area contributed by atoms with Gasteiger partial charge in [0, 0.05) is 10.4 Å². The summed E-state index contributed by atoms with van der Waals surface area (Å²) in [6.45, 7) is 0.331. The molecule has 1 amide bonds. The number of furan rings is 1. The molecule has 7 nitrogen and oxygen atoms in total. The van der Waals surface area contributed by atoms with Crippen LogP contribution in [0.15, 0.2) is 57.8 Å². The van der Waals surface area contributed by atoms with Crippen LogP contribution in [0.2, 0.25) is 0 Å². The number of ketones is 1. The van der Waals surface area contributed by atoms with E-state index in [0.717, 1.165) is 4.88 Å². The number of carbonyl (C=O) groups is 2. The number of likely N-dealkylation sites (tertiary alicyclic amines) is 1. The maximum absolute atomic E-state index is 13.0. The zero-order valence-electron chi connectivity index (χ0n) is 15.3. The number of Topliss-reactive ketones (excluding diaryl/α,β-unsaturated/α-hetero) is 1. The van der Waals surface area contributed by atoms with Gasteiger partial charge in [-0.3, -0.25) is 9.59 Å². The molecule has 2 aliphatic rings. The lowest BCUT2D eigenvalue weighted by Gasteiger charge is -2.22. The fourth-order valence-electron chi connectivity index (χ4n) is 3.58. The molecule has 0 bridgehead atoms. The highest BCUT2D eigenvalue weighted by atomic mass is 127. The second-order valence-corrected chi connectivity index (χ2v) is 8.81. The van der Waals surface area contributed by atoms with Crippen LogP contribution in [0.4, 0.5) is 0 Å². The third kappa shape index (κ3) is 3.18. The van der Waals surface area contributed by atoms with Gasteiger partial charge >= 0.3 is 0 Å². The number of benzene rings is 1. The average molecular weight is 535 g/mol. The van der Waals surface area contributed by atoms with Crippen molar-refractivity contribution in [3.8, 4) is 11.5 Å². The van der Waals surface area contributed by atoms with Crippen molar-refractivity contribution in [2.75, 3.05) is 6.79 Å². The fourth-order valence-corrected chi connectivity index (χ4v) is 4.72. The molecule has 1 atom stereocenters. The highest BCUT2D eigenvalue weighted by molar-refractivity contribution is 14.1. The number of aliphatic hydroxyl groups is 1. The second-order valence-electron chi connectivity index (χ2n) is 6.72. The van der Waals surface area contributed by atoms with Gasteiger partial charge in [0.05, 0.1) is 12.1 Å². The van der Waals surface area contributed by atoms with Crippen LogP contribution in [0.1, 0.15) is 22.2 Å². The smallest absolute Gasteiger partial charge is 0.296 e. The first-order chi connectivity index (χ1) is 14.5. The maximum Gasteiger partial charge on any atom is 0.296 e. The predicted molar refractivity (Wildman–Crippen MR) is 116 cm³/mol. The Bertz CT molecular complexity index is 1180. The lowest BCUT2D eigenvalue weighted by atomic mass is 9.99. The lowest BCUT2D eigenvalue weighted by Crippen LogP contribution is -2.28. The van der Waals surface area contributed by atoms with Crippen LogP contribution >= 0.6 is 33.9 Å². The Morgan fingerprint density at radius 2 is 2.00 bits per heavy atom. The normalized spacial score (nSPS) is 19.6. The SMILES string of the molecule is O=C1C(=O)N(Cc2cccs2)C(c2ccc(I)o2)/C1=C(\O)c1ccc2c(c1)OCO2. The number of hydrogen-bond donors (Lipinski definition) is 1. The Morgan fingerprint density at radius 1 is 1.17 bits per heavy atom. The van der Waals surface area contributed by atoms with Gasteiger partial charge in [0.1, 0.15) is 17.6 Å². The number of hydrogen-bond acceptors (Lipinski definition) is 7. The van der Waals surface area contributed by atoms with Crippen LogP contribution in [-0.2, 0) is 16.1 Å². The van der Waals surface area contributed by atoms with Gasteiger partial charge in [-0.1, -0.05) is 6.07 Å². The van der Waals surface area contributed by atoms with Crippen molar-refractivity contribution in [1.82, 2.24) is 4.90 Å². The number of nitrogens with zero attached hydrogens (tertiary/aromatic N) is 1. The van der Waals surface area contributed by atoms with Gasteiger partial charge in [-0.25, -0.2) is 0 Å². The van der Waals surface area contributed by atoms with Gasteiger partial charge in [-0.2, -0.15) is 0 Å².